The Morgan fingerprint density at radius 3 is 2.70 bits per heavy atom. The van der Waals surface area contributed by atoms with Gasteiger partial charge in [0.25, 0.3) is 0 Å². The predicted molar refractivity (Wildman–Crippen MR) is 77.8 cm³/mol. The van der Waals surface area contributed by atoms with Gasteiger partial charge in [0.15, 0.2) is 5.78 Å². The Kier molecular flexibility index (Phi) is 5.58. The fourth-order valence-corrected chi connectivity index (χ4v) is 1.93. The average molecular weight is 298 g/mol. The molecule has 5 nitrogen and oxygen atoms in total. The summed E-state index contributed by atoms with van der Waals surface area (Å²) in [6.45, 7) is 7.12. The van der Waals surface area contributed by atoms with Gasteiger partial charge in [0.05, 0.1) is 12.1 Å². The third kappa shape index (κ3) is 3.74. The lowest BCUT2D eigenvalue weighted by molar-refractivity contribution is 0.101. The van der Waals surface area contributed by atoms with Crippen molar-refractivity contribution in [1.29, 1.82) is 0 Å². The van der Waals surface area contributed by atoms with Gasteiger partial charge in [-0.25, -0.2) is 4.79 Å². The number of carbonyl (C=O) groups is 2. The molecule has 0 aromatic heterocycles. The molecule has 1 aromatic rings. The van der Waals surface area contributed by atoms with Crippen LogP contribution in [-0.4, -0.2) is 30.1 Å². The van der Waals surface area contributed by atoms with Crippen molar-refractivity contribution >= 4 is 29.6 Å². The summed E-state index contributed by atoms with van der Waals surface area (Å²) in [6, 6.07) is 1.55. The standard InChI is InChI=1S/C14H16ClNO4/c1-4-10-8(2)12(15)7-11(9(3)17)13(10)20-6-5-16-14(18)19/h4,7,16H,1,5-6H2,2-3H3,(H,18,19). The maximum atomic E-state index is 11.7. The van der Waals surface area contributed by atoms with Crippen LogP contribution in [0, 0.1) is 6.92 Å². The molecule has 0 bridgehead atoms. The maximum absolute atomic E-state index is 11.7. The summed E-state index contributed by atoms with van der Waals surface area (Å²) in [5.74, 6) is 0.192. The van der Waals surface area contributed by atoms with Crippen LogP contribution < -0.4 is 10.1 Å². The Morgan fingerprint density at radius 2 is 2.20 bits per heavy atom. The number of hydrogen-bond donors (Lipinski definition) is 2. The SMILES string of the molecule is C=Cc1c(C)c(Cl)cc(C(C)=O)c1OCCNC(=O)O. The van der Waals surface area contributed by atoms with E-state index in [9.17, 15) is 9.59 Å². The molecular weight excluding hydrogens is 282 g/mol. The number of hydrogen-bond acceptors (Lipinski definition) is 3. The van der Waals surface area contributed by atoms with E-state index >= 15 is 0 Å². The number of carbonyl (C=O) groups excluding carboxylic acids is 1. The van der Waals surface area contributed by atoms with Gasteiger partial charge in [0, 0.05) is 10.6 Å². The molecule has 0 fully saturated rings. The van der Waals surface area contributed by atoms with Crippen LogP contribution in [0.15, 0.2) is 12.6 Å². The molecule has 1 aromatic carbocycles. The first-order valence-corrected chi connectivity index (χ1v) is 6.32. The van der Waals surface area contributed by atoms with Crippen molar-refractivity contribution in [3.63, 3.8) is 0 Å². The van der Waals surface area contributed by atoms with E-state index in [1.165, 1.54) is 6.92 Å². The number of ether oxygens (including phenoxy) is 1. The number of rotatable bonds is 6. The van der Waals surface area contributed by atoms with Crippen LogP contribution >= 0.6 is 11.6 Å². The van der Waals surface area contributed by atoms with Crippen molar-refractivity contribution in [2.75, 3.05) is 13.2 Å². The zero-order valence-corrected chi connectivity index (χ0v) is 12.1. The molecule has 2 N–H and O–H groups in total. The van der Waals surface area contributed by atoms with Crippen LogP contribution in [0.4, 0.5) is 4.79 Å². The second-order valence-electron chi connectivity index (χ2n) is 4.11. The van der Waals surface area contributed by atoms with Crippen molar-refractivity contribution in [2.24, 2.45) is 0 Å². The van der Waals surface area contributed by atoms with Crippen molar-refractivity contribution < 1.29 is 19.4 Å². The third-order valence-electron chi connectivity index (χ3n) is 2.73. The summed E-state index contributed by atoms with van der Waals surface area (Å²) in [6.07, 6.45) is 0.435. The van der Waals surface area contributed by atoms with Gasteiger partial charge in [0.1, 0.15) is 12.4 Å². The average Bonchev–Trinajstić information content (AvgIpc) is 2.37. The van der Waals surface area contributed by atoms with E-state index in [4.69, 9.17) is 21.4 Å². The van der Waals surface area contributed by atoms with Gasteiger partial charge in [0.2, 0.25) is 0 Å². The van der Waals surface area contributed by atoms with E-state index in [1.54, 1.807) is 19.1 Å². The highest BCUT2D eigenvalue weighted by molar-refractivity contribution is 6.32. The summed E-state index contributed by atoms with van der Waals surface area (Å²) in [5.41, 5.74) is 1.75. The Labute approximate surface area is 122 Å². The van der Waals surface area contributed by atoms with Crippen LogP contribution in [0.25, 0.3) is 6.08 Å². The summed E-state index contributed by atoms with van der Waals surface area (Å²) in [5, 5.41) is 11.1. The fraction of sp³-hybridized carbons (Fsp3) is 0.286. The van der Waals surface area contributed by atoms with Gasteiger partial charge in [-0.3, -0.25) is 4.79 Å². The highest BCUT2D eigenvalue weighted by Gasteiger charge is 2.17. The van der Waals surface area contributed by atoms with Crippen molar-refractivity contribution in [1.82, 2.24) is 5.32 Å². The third-order valence-corrected chi connectivity index (χ3v) is 3.12. The van der Waals surface area contributed by atoms with Gasteiger partial charge in [-0.15, -0.1) is 0 Å². The number of halogens is 1. The molecule has 0 aliphatic rings. The van der Waals surface area contributed by atoms with Crippen LogP contribution in [0.3, 0.4) is 0 Å². The summed E-state index contributed by atoms with van der Waals surface area (Å²) < 4.78 is 5.53. The quantitative estimate of drug-likeness (QED) is 0.625. The van der Waals surface area contributed by atoms with Gasteiger partial charge in [-0.05, 0) is 25.5 Å². The summed E-state index contributed by atoms with van der Waals surface area (Å²) in [7, 11) is 0. The molecule has 0 saturated carbocycles. The lowest BCUT2D eigenvalue weighted by Gasteiger charge is -2.16. The largest absolute Gasteiger partial charge is 0.490 e. The molecule has 1 amide bonds. The maximum Gasteiger partial charge on any atom is 0.404 e. The van der Waals surface area contributed by atoms with E-state index in [-0.39, 0.29) is 18.9 Å². The monoisotopic (exact) mass is 297 g/mol. The Hall–Kier alpha value is -2.01. The van der Waals surface area contributed by atoms with Gasteiger partial charge < -0.3 is 15.2 Å². The van der Waals surface area contributed by atoms with Crippen molar-refractivity contribution in [2.45, 2.75) is 13.8 Å². The first-order chi connectivity index (χ1) is 9.38. The highest BCUT2D eigenvalue weighted by Crippen LogP contribution is 2.33. The molecule has 0 saturated heterocycles. The molecule has 0 radical (unpaired) electrons. The molecule has 20 heavy (non-hydrogen) atoms. The fourth-order valence-electron chi connectivity index (χ4n) is 1.72. The molecule has 0 heterocycles. The van der Waals surface area contributed by atoms with E-state index in [1.807, 2.05) is 0 Å². The summed E-state index contributed by atoms with van der Waals surface area (Å²) in [4.78, 5) is 22.0. The van der Waals surface area contributed by atoms with Gasteiger partial charge >= 0.3 is 6.09 Å². The number of ketones is 1. The zero-order valence-electron chi connectivity index (χ0n) is 11.3. The predicted octanol–water partition coefficient (Wildman–Crippen LogP) is 3.14. The number of benzene rings is 1. The number of carboxylic acid groups (broad SMARTS) is 1. The van der Waals surface area contributed by atoms with Crippen LogP contribution in [-0.2, 0) is 0 Å². The molecular formula is C14H16ClNO4. The minimum atomic E-state index is -1.13. The minimum absolute atomic E-state index is 0.106. The number of amides is 1. The van der Waals surface area contributed by atoms with Gasteiger partial charge in [-0.1, -0.05) is 24.3 Å². The van der Waals surface area contributed by atoms with Gasteiger partial charge in [-0.2, -0.15) is 0 Å². The van der Waals surface area contributed by atoms with Crippen molar-refractivity contribution in [3.05, 3.63) is 34.4 Å². The van der Waals surface area contributed by atoms with E-state index < -0.39 is 6.09 Å². The second-order valence-corrected chi connectivity index (χ2v) is 4.52. The molecule has 0 spiro atoms. The Bertz CT molecular complexity index is 555. The Morgan fingerprint density at radius 1 is 1.55 bits per heavy atom. The molecule has 6 heteroatoms. The molecule has 1 rings (SSSR count). The Balaban J connectivity index is 3.08. The smallest absolute Gasteiger partial charge is 0.404 e. The number of nitrogens with one attached hydrogen (secondary N) is 1. The number of Topliss-reactive ketones (excluding diaryl/α,β-unsaturated/α-hetero) is 1. The second kappa shape index (κ2) is 6.96. The lowest BCUT2D eigenvalue weighted by atomic mass is 10.0. The van der Waals surface area contributed by atoms with E-state index in [0.29, 0.717) is 21.9 Å². The molecule has 0 aliphatic carbocycles. The normalized spacial score (nSPS) is 9.95. The molecule has 0 aliphatic heterocycles. The van der Waals surface area contributed by atoms with E-state index in [2.05, 4.69) is 11.9 Å². The summed E-state index contributed by atoms with van der Waals surface area (Å²) >= 11 is 6.07. The topological polar surface area (TPSA) is 75.6 Å². The van der Waals surface area contributed by atoms with Crippen LogP contribution in [0.1, 0.15) is 28.4 Å². The lowest BCUT2D eigenvalue weighted by Crippen LogP contribution is -2.26. The van der Waals surface area contributed by atoms with Crippen LogP contribution in [0.5, 0.6) is 5.75 Å². The van der Waals surface area contributed by atoms with E-state index in [0.717, 1.165) is 5.56 Å². The molecule has 108 valence electrons. The zero-order chi connectivity index (χ0) is 15.3. The highest BCUT2D eigenvalue weighted by atomic mass is 35.5. The first-order valence-electron chi connectivity index (χ1n) is 5.94. The molecule has 0 unspecified atom stereocenters. The molecule has 0 atom stereocenters. The van der Waals surface area contributed by atoms with Crippen LogP contribution in [0.2, 0.25) is 5.02 Å². The van der Waals surface area contributed by atoms with Crippen molar-refractivity contribution in [3.8, 4) is 5.75 Å². The first kappa shape index (κ1) is 16.0. The minimum Gasteiger partial charge on any atom is -0.490 e.